The fourth-order valence-electron chi connectivity index (χ4n) is 3.37. The van der Waals surface area contributed by atoms with E-state index in [9.17, 15) is 0 Å². The number of methoxy groups -OCH3 is 1. The Morgan fingerprint density at radius 2 is 1.67 bits per heavy atom. The summed E-state index contributed by atoms with van der Waals surface area (Å²) in [5.74, 6) is 2.54. The summed E-state index contributed by atoms with van der Waals surface area (Å²) in [4.78, 5) is 17.9. The molecule has 2 aliphatic heterocycles. The highest BCUT2D eigenvalue weighted by Crippen LogP contribution is 2.27. The molecule has 1 N–H and O–H groups in total. The van der Waals surface area contributed by atoms with E-state index in [1.165, 1.54) is 0 Å². The van der Waals surface area contributed by atoms with Crippen molar-refractivity contribution in [2.24, 2.45) is 5.10 Å². The second kappa shape index (κ2) is 11.3. The predicted molar refractivity (Wildman–Crippen MR) is 121 cm³/mol. The summed E-state index contributed by atoms with van der Waals surface area (Å²) in [6.45, 7) is 5.35. The van der Waals surface area contributed by atoms with Crippen molar-refractivity contribution >= 4 is 24.1 Å². The summed E-state index contributed by atoms with van der Waals surface area (Å²) >= 11 is 0. The van der Waals surface area contributed by atoms with Gasteiger partial charge in [-0.3, -0.25) is 0 Å². The van der Waals surface area contributed by atoms with E-state index in [1.54, 1.807) is 25.5 Å². The number of aromatic nitrogens is 3. The van der Waals surface area contributed by atoms with Crippen LogP contribution < -0.4 is 24.7 Å². The summed E-state index contributed by atoms with van der Waals surface area (Å²) in [7, 11) is 1.54. The summed E-state index contributed by atoms with van der Waals surface area (Å²) in [5, 5.41) is 13.0. The smallest absolute Gasteiger partial charge is 0.250 e. The number of benzene rings is 1. The molecule has 0 radical (unpaired) electrons. The minimum atomic E-state index is -0.0539. The van der Waals surface area contributed by atoms with E-state index < -0.39 is 0 Å². The molecule has 2 aromatic rings. The molecule has 0 bridgehead atoms. The summed E-state index contributed by atoms with van der Waals surface area (Å²) < 4.78 is 21.6. The first-order chi connectivity index (χ1) is 16.3. The van der Waals surface area contributed by atoms with E-state index in [1.807, 2.05) is 12.1 Å². The number of ether oxygens (including phenoxy) is 4. The maximum absolute atomic E-state index is 8.70. The molecule has 0 atom stereocenters. The number of anilines is 3. The van der Waals surface area contributed by atoms with Gasteiger partial charge in [0.1, 0.15) is 6.07 Å². The van der Waals surface area contributed by atoms with E-state index in [-0.39, 0.29) is 6.61 Å². The van der Waals surface area contributed by atoms with Crippen LogP contribution in [0.15, 0.2) is 23.3 Å². The first-order valence-corrected chi connectivity index (χ1v) is 10.6. The zero-order valence-electron chi connectivity index (χ0n) is 18.4. The largest absolute Gasteiger partial charge is 0.493 e. The van der Waals surface area contributed by atoms with Crippen molar-refractivity contribution in [3.8, 4) is 17.6 Å². The predicted octanol–water partition coefficient (Wildman–Crippen LogP) is 0.902. The number of hydrogen-bond donors (Lipinski definition) is 1. The Balaban J connectivity index is 1.51. The van der Waals surface area contributed by atoms with Crippen LogP contribution in [0.1, 0.15) is 5.56 Å². The normalized spacial score (nSPS) is 16.5. The van der Waals surface area contributed by atoms with Gasteiger partial charge in [0, 0.05) is 26.2 Å². The number of nitrogens with one attached hydrogen (secondary N) is 1. The summed E-state index contributed by atoms with van der Waals surface area (Å²) in [5.41, 5.74) is 3.69. The van der Waals surface area contributed by atoms with Crippen LogP contribution in [0.5, 0.6) is 11.5 Å². The van der Waals surface area contributed by atoms with Crippen molar-refractivity contribution in [2.75, 3.05) is 81.5 Å². The quantitative estimate of drug-likeness (QED) is 0.451. The van der Waals surface area contributed by atoms with Gasteiger partial charge in [-0.2, -0.15) is 25.3 Å². The molecule has 12 heteroatoms. The monoisotopic (exact) mass is 454 g/mol. The van der Waals surface area contributed by atoms with Crippen molar-refractivity contribution in [1.29, 1.82) is 5.26 Å². The topological polar surface area (TPSA) is 130 Å². The zero-order chi connectivity index (χ0) is 22.9. The van der Waals surface area contributed by atoms with Crippen LogP contribution in [-0.4, -0.2) is 87.5 Å². The van der Waals surface area contributed by atoms with Crippen LogP contribution in [0.4, 0.5) is 17.8 Å². The van der Waals surface area contributed by atoms with E-state index in [4.69, 9.17) is 24.2 Å². The van der Waals surface area contributed by atoms with Crippen LogP contribution in [0.2, 0.25) is 0 Å². The van der Waals surface area contributed by atoms with Crippen molar-refractivity contribution in [2.45, 2.75) is 0 Å². The zero-order valence-corrected chi connectivity index (χ0v) is 18.4. The Bertz CT molecular complexity index is 964. The molecule has 33 heavy (non-hydrogen) atoms. The molecular weight excluding hydrogens is 428 g/mol. The van der Waals surface area contributed by atoms with E-state index >= 15 is 0 Å². The van der Waals surface area contributed by atoms with Gasteiger partial charge in [0.15, 0.2) is 18.1 Å². The van der Waals surface area contributed by atoms with E-state index in [2.05, 4.69) is 35.3 Å². The average molecular weight is 454 g/mol. The molecule has 2 fully saturated rings. The van der Waals surface area contributed by atoms with Gasteiger partial charge in [-0.05, 0) is 23.8 Å². The third-order valence-corrected chi connectivity index (χ3v) is 5.06. The molecule has 0 amide bonds. The van der Waals surface area contributed by atoms with Gasteiger partial charge < -0.3 is 28.7 Å². The molecular formula is C21H26N8O4. The van der Waals surface area contributed by atoms with E-state index in [0.29, 0.717) is 55.8 Å². The van der Waals surface area contributed by atoms with Crippen LogP contribution in [0, 0.1) is 11.3 Å². The Morgan fingerprint density at radius 1 is 1.03 bits per heavy atom. The number of nitrogens with zero attached hydrogens (tertiary/aromatic N) is 7. The van der Waals surface area contributed by atoms with Gasteiger partial charge >= 0.3 is 0 Å². The summed E-state index contributed by atoms with van der Waals surface area (Å²) in [6.07, 6.45) is 1.63. The van der Waals surface area contributed by atoms with Crippen molar-refractivity contribution in [1.82, 2.24) is 15.0 Å². The Labute approximate surface area is 191 Å². The van der Waals surface area contributed by atoms with Crippen molar-refractivity contribution in [3.05, 3.63) is 23.8 Å². The molecule has 0 saturated carbocycles. The fourth-order valence-corrected chi connectivity index (χ4v) is 3.37. The molecule has 3 heterocycles. The second-order valence-corrected chi connectivity index (χ2v) is 7.18. The Hall–Kier alpha value is -3.69. The van der Waals surface area contributed by atoms with Gasteiger partial charge in [0.25, 0.3) is 0 Å². The molecule has 1 aromatic heterocycles. The minimum absolute atomic E-state index is 0.0539. The van der Waals surface area contributed by atoms with Gasteiger partial charge in [0.2, 0.25) is 17.8 Å². The number of hydrazone groups is 1. The molecule has 2 saturated heterocycles. The average Bonchev–Trinajstić information content (AvgIpc) is 2.88. The van der Waals surface area contributed by atoms with E-state index in [0.717, 1.165) is 31.7 Å². The number of hydrogen-bond acceptors (Lipinski definition) is 12. The minimum Gasteiger partial charge on any atom is -0.493 e. The fraction of sp³-hybridized carbons (Fsp3) is 0.476. The Kier molecular flexibility index (Phi) is 7.68. The van der Waals surface area contributed by atoms with Crippen molar-refractivity contribution < 1.29 is 18.9 Å². The first-order valence-electron chi connectivity index (χ1n) is 10.6. The molecule has 12 nitrogen and oxygen atoms in total. The van der Waals surface area contributed by atoms with Crippen LogP contribution >= 0.6 is 0 Å². The molecule has 4 rings (SSSR count). The molecule has 0 aliphatic carbocycles. The summed E-state index contributed by atoms with van der Waals surface area (Å²) in [6, 6.07) is 7.25. The van der Waals surface area contributed by atoms with Gasteiger partial charge in [-0.15, -0.1) is 0 Å². The third-order valence-electron chi connectivity index (χ3n) is 5.06. The van der Waals surface area contributed by atoms with Crippen molar-refractivity contribution in [3.63, 3.8) is 0 Å². The lowest BCUT2D eigenvalue weighted by Gasteiger charge is -2.30. The molecule has 0 unspecified atom stereocenters. The lowest BCUT2D eigenvalue weighted by molar-refractivity contribution is 0.121. The molecule has 1 aromatic carbocycles. The maximum atomic E-state index is 8.70. The molecule has 2 aliphatic rings. The van der Waals surface area contributed by atoms with Crippen LogP contribution in [0.25, 0.3) is 0 Å². The number of nitriles is 1. The lowest BCUT2D eigenvalue weighted by atomic mass is 10.2. The first kappa shape index (κ1) is 22.5. The Morgan fingerprint density at radius 3 is 2.24 bits per heavy atom. The van der Waals surface area contributed by atoms with Crippen LogP contribution in [0.3, 0.4) is 0 Å². The number of rotatable bonds is 8. The van der Waals surface area contributed by atoms with Gasteiger partial charge in [-0.25, -0.2) is 5.43 Å². The highest BCUT2D eigenvalue weighted by Gasteiger charge is 2.20. The standard InChI is InChI=1S/C21H26N8O4/c1-30-18-14-16(2-3-17(18)33-9-4-22)15-23-27-19-24-20(28-5-10-31-11-6-28)26-21(25-19)29-7-12-32-13-8-29/h2-3,14-15H,5-13H2,1H3,(H,24,25,26,27)/b23-15+. The number of morpholine rings is 2. The highest BCUT2D eigenvalue weighted by molar-refractivity contribution is 5.81. The van der Waals surface area contributed by atoms with Crippen LogP contribution in [-0.2, 0) is 9.47 Å². The second-order valence-electron chi connectivity index (χ2n) is 7.18. The SMILES string of the molecule is COc1cc(/C=N/Nc2nc(N3CCOCC3)nc(N3CCOCC3)n2)ccc1OCC#N. The van der Waals surface area contributed by atoms with Gasteiger partial charge in [0.05, 0.1) is 39.8 Å². The highest BCUT2D eigenvalue weighted by atomic mass is 16.5. The third kappa shape index (κ3) is 5.97. The molecule has 0 spiro atoms. The molecule has 174 valence electrons. The maximum Gasteiger partial charge on any atom is 0.250 e. The van der Waals surface area contributed by atoms with Gasteiger partial charge in [-0.1, -0.05) is 0 Å². The lowest BCUT2D eigenvalue weighted by Crippen LogP contribution is -2.40.